The highest BCUT2D eigenvalue weighted by Gasteiger charge is 2.22. The Morgan fingerprint density at radius 2 is 2.24 bits per heavy atom. The van der Waals surface area contributed by atoms with Gasteiger partial charge in [0.15, 0.2) is 0 Å². The molecule has 2 unspecified atom stereocenters. The van der Waals surface area contributed by atoms with Crippen LogP contribution in [0.3, 0.4) is 0 Å². The van der Waals surface area contributed by atoms with Gasteiger partial charge in [0.2, 0.25) is 0 Å². The van der Waals surface area contributed by atoms with Gasteiger partial charge in [0.1, 0.15) is 0 Å². The normalized spacial score (nSPS) is 17.1. The van der Waals surface area contributed by atoms with Crippen LogP contribution >= 0.6 is 22.9 Å². The van der Waals surface area contributed by atoms with Crippen molar-refractivity contribution in [3.63, 3.8) is 0 Å². The average Bonchev–Trinajstić information content (AvgIpc) is 2.59. The third-order valence-electron chi connectivity index (χ3n) is 2.53. The van der Waals surface area contributed by atoms with Crippen LogP contribution in [-0.4, -0.2) is 42.8 Å². The molecular weight excluding hydrogens is 256 g/mol. The molecule has 0 amide bonds. The molecule has 1 heterocycles. The summed E-state index contributed by atoms with van der Waals surface area (Å²) in [6.45, 7) is 5.11. The smallest absolute Gasteiger partial charge is 0.0931 e. The molecule has 2 atom stereocenters. The van der Waals surface area contributed by atoms with Crippen LogP contribution in [0, 0.1) is 0 Å². The molecule has 0 aliphatic rings. The number of hydrogen-bond donors (Lipinski definition) is 2. The second-order valence-corrected chi connectivity index (χ2v) is 6.56. The molecule has 3 nitrogen and oxygen atoms in total. The van der Waals surface area contributed by atoms with Crippen LogP contribution in [0.15, 0.2) is 11.4 Å². The highest BCUT2D eigenvalue weighted by molar-refractivity contribution is 7.14. The summed E-state index contributed by atoms with van der Waals surface area (Å²) < 4.78 is 0.800. The van der Waals surface area contributed by atoms with Crippen LogP contribution in [0.5, 0.6) is 0 Å². The summed E-state index contributed by atoms with van der Waals surface area (Å²) in [6, 6.07) is 2.16. The van der Waals surface area contributed by atoms with Gasteiger partial charge >= 0.3 is 0 Å². The van der Waals surface area contributed by atoms with Crippen molar-refractivity contribution in [2.24, 2.45) is 0 Å². The minimum atomic E-state index is -0.725. The highest BCUT2D eigenvalue weighted by atomic mass is 35.5. The fraction of sp³-hybridized carbons (Fsp3) is 0.667. The van der Waals surface area contributed by atoms with Crippen LogP contribution in [0.1, 0.15) is 25.5 Å². The van der Waals surface area contributed by atoms with E-state index in [9.17, 15) is 5.11 Å². The molecule has 1 aromatic rings. The molecule has 0 aromatic carbocycles. The first-order chi connectivity index (χ1) is 7.80. The van der Waals surface area contributed by atoms with E-state index in [1.807, 2.05) is 37.4 Å². The van der Waals surface area contributed by atoms with Crippen LogP contribution in [0.4, 0.5) is 0 Å². The molecule has 5 heteroatoms. The van der Waals surface area contributed by atoms with Gasteiger partial charge in [-0.25, -0.2) is 0 Å². The minimum Gasteiger partial charge on any atom is -0.388 e. The lowest BCUT2D eigenvalue weighted by Gasteiger charge is -2.28. The van der Waals surface area contributed by atoms with E-state index >= 15 is 0 Å². The molecule has 1 aromatic heterocycles. The summed E-state index contributed by atoms with van der Waals surface area (Å²) in [5, 5.41) is 15.5. The molecule has 0 saturated carbocycles. The predicted molar refractivity (Wildman–Crippen MR) is 74.9 cm³/mol. The van der Waals surface area contributed by atoms with Gasteiger partial charge in [-0.1, -0.05) is 11.6 Å². The fourth-order valence-electron chi connectivity index (χ4n) is 1.78. The third-order valence-corrected chi connectivity index (χ3v) is 3.64. The maximum absolute atomic E-state index is 10.2. The van der Waals surface area contributed by atoms with E-state index in [0.29, 0.717) is 13.1 Å². The van der Waals surface area contributed by atoms with Crippen molar-refractivity contribution in [3.05, 3.63) is 21.3 Å². The van der Waals surface area contributed by atoms with Gasteiger partial charge in [0.25, 0.3) is 0 Å². The summed E-state index contributed by atoms with van der Waals surface area (Å²) in [4.78, 5) is 1.98. The molecule has 0 saturated heterocycles. The number of halogens is 1. The lowest BCUT2D eigenvalue weighted by molar-refractivity contribution is 0.0317. The first-order valence-electron chi connectivity index (χ1n) is 5.64. The van der Waals surface area contributed by atoms with Crippen LogP contribution in [0.25, 0.3) is 0 Å². The van der Waals surface area contributed by atoms with E-state index in [-0.39, 0.29) is 6.04 Å². The lowest BCUT2D eigenvalue weighted by Crippen LogP contribution is -2.46. The van der Waals surface area contributed by atoms with Gasteiger partial charge in [0, 0.05) is 19.1 Å². The monoisotopic (exact) mass is 276 g/mol. The van der Waals surface area contributed by atoms with Gasteiger partial charge in [-0.15, -0.1) is 11.3 Å². The number of hydrogen-bond acceptors (Lipinski definition) is 4. The van der Waals surface area contributed by atoms with Crippen LogP contribution in [0.2, 0.25) is 4.34 Å². The van der Waals surface area contributed by atoms with E-state index in [0.717, 1.165) is 4.34 Å². The first-order valence-corrected chi connectivity index (χ1v) is 6.90. The lowest BCUT2D eigenvalue weighted by atomic mass is 10.1. The number of aliphatic hydroxyl groups is 1. The summed E-state index contributed by atoms with van der Waals surface area (Å²) in [7, 11) is 3.91. The molecule has 0 aliphatic heterocycles. The van der Waals surface area contributed by atoms with Crippen LogP contribution < -0.4 is 5.32 Å². The number of nitrogens with zero attached hydrogens (tertiary/aromatic N) is 1. The minimum absolute atomic E-state index is 0.201. The Balaban J connectivity index is 2.45. The Labute approximate surface area is 112 Å². The largest absolute Gasteiger partial charge is 0.388 e. The summed E-state index contributed by atoms with van der Waals surface area (Å²) >= 11 is 7.43. The topological polar surface area (TPSA) is 35.5 Å². The number of thiophene rings is 1. The molecule has 0 spiro atoms. The Hall–Kier alpha value is -0.130. The second kappa shape index (κ2) is 6.16. The van der Waals surface area contributed by atoms with Crippen LogP contribution in [-0.2, 0) is 0 Å². The van der Waals surface area contributed by atoms with Crippen molar-refractivity contribution < 1.29 is 5.11 Å². The van der Waals surface area contributed by atoms with Crippen molar-refractivity contribution in [2.75, 3.05) is 27.2 Å². The van der Waals surface area contributed by atoms with E-state index in [2.05, 4.69) is 12.2 Å². The molecular formula is C12H21ClN2OS. The van der Waals surface area contributed by atoms with E-state index in [1.54, 1.807) is 0 Å². The average molecular weight is 277 g/mol. The highest BCUT2D eigenvalue weighted by Crippen LogP contribution is 2.24. The van der Waals surface area contributed by atoms with Crippen molar-refractivity contribution in [2.45, 2.75) is 25.5 Å². The zero-order valence-corrected chi connectivity index (χ0v) is 12.4. The number of nitrogens with one attached hydrogen (secondary N) is 1. The molecule has 0 radical (unpaired) electrons. The second-order valence-electron chi connectivity index (χ2n) is 5.02. The van der Waals surface area contributed by atoms with E-state index in [4.69, 9.17) is 11.6 Å². The molecule has 17 heavy (non-hydrogen) atoms. The molecule has 0 fully saturated rings. The zero-order valence-electron chi connectivity index (χ0n) is 10.8. The Morgan fingerprint density at radius 3 is 2.71 bits per heavy atom. The summed E-state index contributed by atoms with van der Waals surface area (Å²) in [5.74, 6) is 0. The number of rotatable bonds is 6. The molecule has 0 bridgehead atoms. The van der Waals surface area contributed by atoms with Gasteiger partial charge in [-0.2, -0.15) is 0 Å². The Bertz CT molecular complexity index is 352. The van der Waals surface area contributed by atoms with Gasteiger partial charge < -0.3 is 15.3 Å². The molecule has 1 rings (SSSR count). The van der Waals surface area contributed by atoms with E-state index < -0.39 is 5.60 Å². The van der Waals surface area contributed by atoms with Gasteiger partial charge in [-0.3, -0.25) is 0 Å². The standard InChI is InChI=1S/C12H21ClN2OS/c1-9(10-5-11(13)17-6-10)14-7-12(2,16)8-15(3)4/h5-6,9,14,16H,7-8H2,1-4H3. The van der Waals surface area contributed by atoms with Crippen molar-refractivity contribution >= 4 is 22.9 Å². The van der Waals surface area contributed by atoms with Crippen molar-refractivity contribution in [3.8, 4) is 0 Å². The quantitative estimate of drug-likeness (QED) is 0.837. The third kappa shape index (κ3) is 5.36. The first kappa shape index (κ1) is 14.9. The molecule has 98 valence electrons. The fourth-order valence-corrected chi connectivity index (χ4v) is 2.76. The van der Waals surface area contributed by atoms with Crippen molar-refractivity contribution in [1.29, 1.82) is 0 Å². The SMILES string of the molecule is CC(NCC(C)(O)CN(C)C)c1csc(Cl)c1. The molecule has 0 aliphatic carbocycles. The summed E-state index contributed by atoms with van der Waals surface area (Å²) in [6.07, 6.45) is 0. The summed E-state index contributed by atoms with van der Waals surface area (Å²) in [5.41, 5.74) is 0.443. The van der Waals surface area contributed by atoms with Crippen molar-refractivity contribution in [1.82, 2.24) is 10.2 Å². The maximum Gasteiger partial charge on any atom is 0.0931 e. The van der Waals surface area contributed by atoms with E-state index in [1.165, 1.54) is 16.9 Å². The zero-order chi connectivity index (χ0) is 13.1. The number of likely N-dealkylation sites (N-methyl/N-ethyl adjacent to an activating group) is 1. The maximum atomic E-state index is 10.2. The predicted octanol–water partition coefficient (Wildman–Crippen LogP) is 2.36. The van der Waals surface area contributed by atoms with Gasteiger partial charge in [-0.05, 0) is 45.0 Å². The Morgan fingerprint density at radius 1 is 1.59 bits per heavy atom. The Kier molecular flexibility index (Phi) is 5.41. The van der Waals surface area contributed by atoms with Gasteiger partial charge in [0.05, 0.1) is 9.94 Å². The molecule has 2 N–H and O–H groups in total.